The van der Waals surface area contributed by atoms with E-state index in [1.54, 1.807) is 7.11 Å². The van der Waals surface area contributed by atoms with Gasteiger partial charge >= 0.3 is 0 Å². The molecule has 0 aromatic heterocycles. The lowest BCUT2D eigenvalue weighted by molar-refractivity contribution is -0.132. The van der Waals surface area contributed by atoms with E-state index < -0.39 is 5.66 Å². The van der Waals surface area contributed by atoms with Crippen LogP contribution in [0.2, 0.25) is 0 Å². The van der Waals surface area contributed by atoms with Crippen molar-refractivity contribution in [1.82, 2.24) is 10.2 Å². The van der Waals surface area contributed by atoms with Crippen molar-refractivity contribution in [3.8, 4) is 5.75 Å². The van der Waals surface area contributed by atoms with Gasteiger partial charge in [-0.05, 0) is 43.7 Å². The summed E-state index contributed by atoms with van der Waals surface area (Å²) in [7, 11) is 1.63. The van der Waals surface area contributed by atoms with Gasteiger partial charge in [0.1, 0.15) is 11.4 Å². The van der Waals surface area contributed by atoms with E-state index in [0.717, 1.165) is 34.7 Å². The first-order valence-electron chi connectivity index (χ1n) is 10.6. The van der Waals surface area contributed by atoms with Gasteiger partial charge in [0.15, 0.2) is 0 Å². The highest BCUT2D eigenvalue weighted by Crippen LogP contribution is 2.37. The molecule has 158 valence electrons. The van der Waals surface area contributed by atoms with E-state index in [9.17, 15) is 9.59 Å². The van der Waals surface area contributed by atoms with Gasteiger partial charge in [0.05, 0.1) is 24.8 Å². The fourth-order valence-electron chi connectivity index (χ4n) is 4.71. The molecule has 0 bridgehead atoms. The van der Waals surface area contributed by atoms with Crippen LogP contribution in [0.4, 0.5) is 5.69 Å². The summed E-state index contributed by atoms with van der Waals surface area (Å²) in [4.78, 5) is 29.9. The van der Waals surface area contributed by atoms with E-state index >= 15 is 0 Å². The van der Waals surface area contributed by atoms with Crippen LogP contribution in [0.5, 0.6) is 5.75 Å². The van der Waals surface area contributed by atoms with Crippen LogP contribution in [-0.4, -0.2) is 49.1 Å². The number of aryl methyl sites for hydroxylation is 1. The van der Waals surface area contributed by atoms with Crippen molar-refractivity contribution < 1.29 is 14.3 Å². The van der Waals surface area contributed by atoms with Gasteiger partial charge in [0.2, 0.25) is 5.91 Å². The summed E-state index contributed by atoms with van der Waals surface area (Å²) < 4.78 is 5.26. The molecule has 0 radical (unpaired) electrons. The normalized spacial score (nSPS) is 17.5. The number of benzene rings is 2. The number of hydrogen-bond acceptors (Lipinski definition) is 4. The van der Waals surface area contributed by atoms with Gasteiger partial charge < -0.3 is 19.9 Å². The lowest BCUT2D eigenvalue weighted by atomic mass is 9.89. The third-order valence-corrected chi connectivity index (χ3v) is 6.30. The summed E-state index contributed by atoms with van der Waals surface area (Å²) >= 11 is 0. The topological polar surface area (TPSA) is 61.9 Å². The molecule has 1 saturated heterocycles. The van der Waals surface area contributed by atoms with E-state index in [1.807, 2.05) is 42.2 Å². The maximum Gasteiger partial charge on any atom is 0.255 e. The number of fused-ring (bicyclic) bond motifs is 1. The summed E-state index contributed by atoms with van der Waals surface area (Å²) in [5.74, 6) is 0.851. The SMILES string of the molecule is CCN1c2ccc(C)cc2C(=O)NC12CCN(C(=O)Cc1cccc(OC)c1)CC2. The summed E-state index contributed by atoms with van der Waals surface area (Å²) in [6.07, 6.45) is 1.78. The lowest BCUT2D eigenvalue weighted by Gasteiger charge is -2.52. The first-order valence-corrected chi connectivity index (χ1v) is 10.6. The Morgan fingerprint density at radius 2 is 1.93 bits per heavy atom. The highest BCUT2D eigenvalue weighted by molar-refractivity contribution is 6.02. The van der Waals surface area contributed by atoms with Crippen LogP contribution in [0.3, 0.4) is 0 Å². The number of piperidine rings is 1. The van der Waals surface area contributed by atoms with Crippen molar-refractivity contribution in [3.63, 3.8) is 0 Å². The molecule has 0 aliphatic carbocycles. The molecule has 1 fully saturated rings. The van der Waals surface area contributed by atoms with Crippen molar-refractivity contribution in [2.45, 2.75) is 38.8 Å². The third kappa shape index (κ3) is 3.62. The van der Waals surface area contributed by atoms with Crippen molar-refractivity contribution in [2.75, 3.05) is 31.6 Å². The van der Waals surface area contributed by atoms with E-state index in [0.29, 0.717) is 32.4 Å². The van der Waals surface area contributed by atoms with Crippen molar-refractivity contribution in [2.24, 2.45) is 0 Å². The Balaban J connectivity index is 1.48. The minimum absolute atomic E-state index is 0.0189. The summed E-state index contributed by atoms with van der Waals surface area (Å²) in [5, 5.41) is 3.27. The second kappa shape index (κ2) is 8.01. The largest absolute Gasteiger partial charge is 0.497 e. The van der Waals surface area contributed by atoms with Gasteiger partial charge in [-0.15, -0.1) is 0 Å². The molecule has 1 N–H and O–H groups in total. The lowest BCUT2D eigenvalue weighted by Crippen LogP contribution is -2.68. The molecule has 6 nitrogen and oxygen atoms in total. The van der Waals surface area contributed by atoms with Crippen molar-refractivity contribution in [1.29, 1.82) is 0 Å². The Bertz CT molecular complexity index is 964. The van der Waals surface area contributed by atoms with Gasteiger partial charge in [0, 0.05) is 32.5 Å². The molecule has 2 aliphatic rings. The quantitative estimate of drug-likeness (QED) is 0.846. The average molecular weight is 408 g/mol. The number of ether oxygens (including phenoxy) is 1. The first kappa shape index (κ1) is 20.3. The number of amides is 2. The Kier molecular flexibility index (Phi) is 5.41. The van der Waals surface area contributed by atoms with E-state index in [1.165, 1.54) is 0 Å². The number of anilines is 1. The summed E-state index contributed by atoms with van der Waals surface area (Å²) in [5.41, 5.74) is 3.32. The predicted molar refractivity (Wildman–Crippen MR) is 117 cm³/mol. The first-order chi connectivity index (χ1) is 14.5. The maximum absolute atomic E-state index is 12.9. The maximum atomic E-state index is 12.9. The number of carbonyl (C=O) groups is 2. The summed E-state index contributed by atoms with van der Waals surface area (Å²) in [6.45, 7) is 6.17. The van der Waals surface area contributed by atoms with Crippen LogP contribution in [-0.2, 0) is 11.2 Å². The van der Waals surface area contributed by atoms with Gasteiger partial charge in [0.25, 0.3) is 5.91 Å². The highest BCUT2D eigenvalue weighted by atomic mass is 16.5. The van der Waals surface area contributed by atoms with Crippen molar-refractivity contribution in [3.05, 3.63) is 59.2 Å². The molecular weight excluding hydrogens is 378 g/mol. The molecule has 2 heterocycles. The Morgan fingerprint density at radius 1 is 1.17 bits per heavy atom. The highest BCUT2D eigenvalue weighted by Gasteiger charge is 2.45. The second-order valence-corrected chi connectivity index (χ2v) is 8.16. The van der Waals surface area contributed by atoms with Crippen molar-refractivity contribution >= 4 is 17.5 Å². The Hall–Kier alpha value is -3.02. The molecule has 1 spiro atoms. The van der Waals surface area contributed by atoms with Gasteiger partial charge in [-0.25, -0.2) is 0 Å². The smallest absolute Gasteiger partial charge is 0.255 e. The van der Waals surface area contributed by atoms with Crippen LogP contribution in [0, 0.1) is 6.92 Å². The van der Waals surface area contributed by atoms with Gasteiger partial charge in [-0.2, -0.15) is 0 Å². The molecule has 2 amide bonds. The van der Waals surface area contributed by atoms with Crippen LogP contribution < -0.4 is 15.0 Å². The van der Waals surface area contributed by atoms with Crippen LogP contribution in [0.25, 0.3) is 0 Å². The Labute approximate surface area is 177 Å². The number of rotatable bonds is 4. The zero-order valence-electron chi connectivity index (χ0n) is 17.9. The molecule has 4 rings (SSSR count). The molecule has 2 aromatic rings. The number of nitrogens with zero attached hydrogens (tertiary/aromatic N) is 2. The zero-order chi connectivity index (χ0) is 21.3. The van der Waals surface area contributed by atoms with Gasteiger partial charge in [-0.1, -0.05) is 23.8 Å². The van der Waals surface area contributed by atoms with Crippen LogP contribution in [0.15, 0.2) is 42.5 Å². The minimum atomic E-state index is -0.430. The minimum Gasteiger partial charge on any atom is -0.497 e. The molecule has 30 heavy (non-hydrogen) atoms. The molecule has 0 saturated carbocycles. The summed E-state index contributed by atoms with van der Waals surface area (Å²) in [6, 6.07) is 13.7. The standard InChI is InChI=1S/C24H29N3O3/c1-4-27-21-9-8-17(2)14-20(21)23(29)25-24(27)10-12-26(13-11-24)22(28)16-18-6-5-7-19(15-18)30-3/h5-9,14-15H,4,10-13,16H2,1-3H3,(H,25,29). The number of methoxy groups -OCH3 is 1. The Morgan fingerprint density at radius 3 is 2.63 bits per heavy atom. The molecule has 0 unspecified atom stereocenters. The third-order valence-electron chi connectivity index (χ3n) is 6.30. The molecular formula is C24H29N3O3. The molecule has 0 atom stereocenters. The number of likely N-dealkylation sites (tertiary alicyclic amines) is 1. The van der Waals surface area contributed by atoms with E-state index in [2.05, 4.69) is 29.3 Å². The fourth-order valence-corrected chi connectivity index (χ4v) is 4.71. The molecule has 6 heteroatoms. The molecule has 2 aliphatic heterocycles. The van der Waals surface area contributed by atoms with Gasteiger partial charge in [-0.3, -0.25) is 9.59 Å². The fraction of sp³-hybridized carbons (Fsp3) is 0.417. The van der Waals surface area contributed by atoms with E-state index in [-0.39, 0.29) is 11.8 Å². The number of carbonyl (C=O) groups excluding carboxylic acids is 2. The van der Waals surface area contributed by atoms with Crippen LogP contribution >= 0.6 is 0 Å². The number of nitrogens with one attached hydrogen (secondary N) is 1. The zero-order valence-corrected chi connectivity index (χ0v) is 17.9. The second-order valence-electron chi connectivity index (χ2n) is 8.16. The average Bonchev–Trinajstić information content (AvgIpc) is 2.75. The van der Waals surface area contributed by atoms with Crippen LogP contribution in [0.1, 0.15) is 41.3 Å². The molecule has 2 aromatic carbocycles. The predicted octanol–water partition coefficient (Wildman–Crippen LogP) is 3.13. The van der Waals surface area contributed by atoms with E-state index in [4.69, 9.17) is 4.74 Å². The number of hydrogen-bond donors (Lipinski definition) is 1. The monoisotopic (exact) mass is 407 g/mol.